The van der Waals surface area contributed by atoms with Crippen molar-refractivity contribution in [2.45, 2.75) is 12.5 Å². The lowest BCUT2D eigenvalue weighted by molar-refractivity contribution is 0.316. The van der Waals surface area contributed by atoms with E-state index in [1.165, 1.54) is 5.41 Å². The zero-order valence-electron chi connectivity index (χ0n) is 7.55. The number of nitrogens with two attached hydrogens (primary N) is 1. The predicted octanol–water partition coefficient (Wildman–Crippen LogP) is -0.977. The van der Waals surface area contributed by atoms with Crippen molar-refractivity contribution in [3.63, 3.8) is 0 Å². The molecule has 80 valence electrons. The number of nitrogens with one attached hydrogen (secondary N) is 1. The SMILES string of the molecule is NC(CCNC1C=CS(=O)(=O)C1)=NO. The Bertz CT molecular complexity index is 347. The molecule has 14 heavy (non-hydrogen) atoms. The molecule has 0 radical (unpaired) electrons. The molecular formula is C7H13N3O3S. The summed E-state index contributed by atoms with van der Waals surface area (Å²) in [6.45, 7) is 0.487. The Balaban J connectivity index is 2.26. The standard InChI is InChI=1S/C7H13N3O3S/c8-7(10-11)1-3-9-6-2-4-14(12,13)5-6/h2,4,6,9,11H,1,3,5H2,(H2,8,10). The molecule has 1 rings (SSSR count). The summed E-state index contributed by atoms with van der Waals surface area (Å²) in [6.07, 6.45) is 1.99. The molecule has 6 nitrogen and oxygen atoms in total. The summed E-state index contributed by atoms with van der Waals surface area (Å²) in [4.78, 5) is 0. The lowest BCUT2D eigenvalue weighted by Gasteiger charge is -2.08. The second-order valence-corrected chi connectivity index (χ2v) is 4.99. The zero-order valence-corrected chi connectivity index (χ0v) is 8.37. The van der Waals surface area contributed by atoms with Crippen LogP contribution in [0.1, 0.15) is 6.42 Å². The van der Waals surface area contributed by atoms with Gasteiger partial charge in [0.1, 0.15) is 5.84 Å². The summed E-state index contributed by atoms with van der Waals surface area (Å²) in [5.41, 5.74) is 5.23. The Morgan fingerprint density at radius 2 is 2.43 bits per heavy atom. The third-order valence-corrected chi connectivity index (χ3v) is 3.24. The monoisotopic (exact) mass is 219 g/mol. The smallest absolute Gasteiger partial charge is 0.173 e. The maximum Gasteiger partial charge on any atom is 0.173 e. The molecule has 0 aromatic carbocycles. The molecule has 0 aliphatic carbocycles. The Morgan fingerprint density at radius 3 is 2.93 bits per heavy atom. The van der Waals surface area contributed by atoms with E-state index in [9.17, 15) is 8.42 Å². The summed E-state index contributed by atoms with van der Waals surface area (Å²) >= 11 is 0. The molecule has 0 fully saturated rings. The molecular weight excluding hydrogens is 206 g/mol. The summed E-state index contributed by atoms with van der Waals surface area (Å²) in [5.74, 6) is 0.214. The largest absolute Gasteiger partial charge is 0.409 e. The first-order valence-electron chi connectivity index (χ1n) is 4.14. The molecule has 0 spiro atoms. The third kappa shape index (κ3) is 3.35. The number of hydrogen-bond donors (Lipinski definition) is 3. The molecule has 0 bridgehead atoms. The third-order valence-electron chi connectivity index (χ3n) is 1.85. The second kappa shape index (κ2) is 4.43. The zero-order chi connectivity index (χ0) is 10.6. The fraction of sp³-hybridized carbons (Fsp3) is 0.571. The predicted molar refractivity (Wildman–Crippen MR) is 52.7 cm³/mol. The topological polar surface area (TPSA) is 105 Å². The molecule has 1 aliphatic rings. The Labute approximate surface area is 82.4 Å². The van der Waals surface area contributed by atoms with E-state index < -0.39 is 9.84 Å². The Kier molecular flexibility index (Phi) is 3.48. The summed E-state index contributed by atoms with van der Waals surface area (Å²) in [5, 5.41) is 15.2. The van der Waals surface area contributed by atoms with Gasteiger partial charge in [0, 0.05) is 24.4 Å². The van der Waals surface area contributed by atoms with E-state index in [0.717, 1.165) is 0 Å². The Morgan fingerprint density at radius 1 is 1.71 bits per heavy atom. The van der Waals surface area contributed by atoms with Crippen molar-refractivity contribution in [2.75, 3.05) is 12.3 Å². The molecule has 1 atom stereocenters. The molecule has 0 saturated heterocycles. The quantitative estimate of drug-likeness (QED) is 0.244. The van der Waals surface area contributed by atoms with Gasteiger partial charge in [-0.1, -0.05) is 11.2 Å². The average molecular weight is 219 g/mol. The van der Waals surface area contributed by atoms with Crippen molar-refractivity contribution >= 4 is 15.7 Å². The summed E-state index contributed by atoms with van der Waals surface area (Å²) in [7, 11) is -3.01. The molecule has 7 heteroatoms. The van der Waals surface area contributed by atoms with Crippen LogP contribution < -0.4 is 11.1 Å². The highest BCUT2D eigenvalue weighted by Gasteiger charge is 2.20. The maximum absolute atomic E-state index is 11.0. The molecule has 1 aliphatic heterocycles. The van der Waals surface area contributed by atoms with Gasteiger partial charge in [0.2, 0.25) is 0 Å². The van der Waals surface area contributed by atoms with Crippen LogP contribution in [0, 0.1) is 0 Å². The van der Waals surface area contributed by atoms with E-state index in [1.807, 2.05) is 0 Å². The number of amidine groups is 1. The number of oxime groups is 1. The van der Waals surface area contributed by atoms with Gasteiger partial charge in [-0.2, -0.15) is 0 Å². The lowest BCUT2D eigenvalue weighted by atomic mass is 10.3. The first kappa shape index (κ1) is 11.0. The number of nitrogens with zero attached hydrogens (tertiary/aromatic N) is 1. The minimum absolute atomic E-state index is 0.0865. The lowest BCUT2D eigenvalue weighted by Crippen LogP contribution is -2.32. The highest BCUT2D eigenvalue weighted by molar-refractivity contribution is 7.94. The van der Waals surface area contributed by atoms with Crippen molar-refractivity contribution in [2.24, 2.45) is 10.9 Å². The normalized spacial score (nSPS) is 25.4. The van der Waals surface area contributed by atoms with Crippen molar-refractivity contribution in [1.29, 1.82) is 0 Å². The summed E-state index contributed by atoms with van der Waals surface area (Å²) < 4.78 is 22.0. The van der Waals surface area contributed by atoms with E-state index >= 15 is 0 Å². The van der Waals surface area contributed by atoms with Crippen LogP contribution in [0.5, 0.6) is 0 Å². The Hall–Kier alpha value is -1.08. The molecule has 4 N–H and O–H groups in total. The van der Waals surface area contributed by atoms with Gasteiger partial charge in [0.05, 0.1) is 5.75 Å². The maximum atomic E-state index is 11.0. The van der Waals surface area contributed by atoms with Crippen LogP contribution >= 0.6 is 0 Å². The van der Waals surface area contributed by atoms with Crippen LogP contribution in [-0.2, 0) is 9.84 Å². The molecule has 0 saturated carbocycles. The molecule has 0 aromatic rings. The van der Waals surface area contributed by atoms with Gasteiger partial charge in [-0.15, -0.1) is 0 Å². The van der Waals surface area contributed by atoms with Crippen molar-refractivity contribution in [3.8, 4) is 0 Å². The minimum atomic E-state index is -3.01. The van der Waals surface area contributed by atoms with Crippen molar-refractivity contribution in [1.82, 2.24) is 5.32 Å². The van der Waals surface area contributed by atoms with Gasteiger partial charge < -0.3 is 16.3 Å². The molecule has 0 aromatic heterocycles. The van der Waals surface area contributed by atoms with Crippen LogP contribution in [0.25, 0.3) is 0 Å². The van der Waals surface area contributed by atoms with Gasteiger partial charge >= 0.3 is 0 Å². The van der Waals surface area contributed by atoms with Crippen molar-refractivity contribution < 1.29 is 13.6 Å². The van der Waals surface area contributed by atoms with E-state index in [4.69, 9.17) is 10.9 Å². The van der Waals surface area contributed by atoms with Crippen LogP contribution in [-0.4, -0.2) is 37.8 Å². The van der Waals surface area contributed by atoms with E-state index in [1.54, 1.807) is 6.08 Å². The number of hydrogen-bond acceptors (Lipinski definition) is 5. The van der Waals surface area contributed by atoms with Crippen LogP contribution in [0.3, 0.4) is 0 Å². The highest BCUT2D eigenvalue weighted by Crippen LogP contribution is 2.07. The highest BCUT2D eigenvalue weighted by atomic mass is 32.2. The fourth-order valence-electron chi connectivity index (χ4n) is 1.14. The van der Waals surface area contributed by atoms with Crippen LogP contribution in [0.4, 0.5) is 0 Å². The van der Waals surface area contributed by atoms with Gasteiger partial charge in [-0.3, -0.25) is 0 Å². The van der Waals surface area contributed by atoms with Gasteiger partial charge in [-0.25, -0.2) is 8.42 Å². The molecule has 1 unspecified atom stereocenters. The van der Waals surface area contributed by atoms with Crippen molar-refractivity contribution in [3.05, 3.63) is 11.5 Å². The van der Waals surface area contributed by atoms with Gasteiger partial charge in [-0.05, 0) is 0 Å². The van der Waals surface area contributed by atoms with Crippen LogP contribution in [0.15, 0.2) is 16.6 Å². The second-order valence-electron chi connectivity index (χ2n) is 3.06. The van der Waals surface area contributed by atoms with E-state index in [-0.39, 0.29) is 17.6 Å². The average Bonchev–Trinajstić information content (AvgIpc) is 2.45. The first-order chi connectivity index (χ1) is 6.53. The number of rotatable bonds is 4. The van der Waals surface area contributed by atoms with E-state index in [0.29, 0.717) is 13.0 Å². The minimum Gasteiger partial charge on any atom is -0.409 e. The number of sulfone groups is 1. The molecule has 0 amide bonds. The molecule has 1 heterocycles. The van der Waals surface area contributed by atoms with Gasteiger partial charge in [0.15, 0.2) is 9.84 Å². The van der Waals surface area contributed by atoms with Gasteiger partial charge in [0.25, 0.3) is 0 Å². The summed E-state index contributed by atoms with van der Waals surface area (Å²) in [6, 6.07) is -0.161. The van der Waals surface area contributed by atoms with Crippen LogP contribution in [0.2, 0.25) is 0 Å². The first-order valence-corrected chi connectivity index (χ1v) is 5.86. The fourth-order valence-corrected chi connectivity index (χ4v) is 2.41. The van der Waals surface area contributed by atoms with E-state index in [2.05, 4.69) is 10.5 Å².